The number of H-pyrrole nitrogens is 1. The van der Waals surface area contributed by atoms with E-state index in [1.807, 2.05) is 17.9 Å². The predicted molar refractivity (Wildman–Crippen MR) is 107 cm³/mol. The highest BCUT2D eigenvalue weighted by Gasteiger charge is 2.22. The molecule has 3 aromatic rings. The van der Waals surface area contributed by atoms with Gasteiger partial charge in [-0.2, -0.15) is 0 Å². The normalized spacial score (nSPS) is 14.6. The van der Waals surface area contributed by atoms with Crippen LogP contribution >= 0.6 is 11.6 Å². The van der Waals surface area contributed by atoms with Gasteiger partial charge in [-0.05, 0) is 49.4 Å². The average molecular weight is 385 g/mol. The number of carbonyl (C=O) groups is 1. The van der Waals surface area contributed by atoms with Crippen LogP contribution in [-0.4, -0.2) is 53.6 Å². The predicted octanol–water partition coefficient (Wildman–Crippen LogP) is 3.25. The van der Waals surface area contributed by atoms with Gasteiger partial charge in [0.15, 0.2) is 6.61 Å². The number of imidazole rings is 1. The Bertz CT molecular complexity index is 946. The Morgan fingerprint density at radius 2 is 1.89 bits per heavy atom. The number of rotatable bonds is 4. The third-order valence-corrected chi connectivity index (χ3v) is 5.01. The third-order valence-electron chi connectivity index (χ3n) is 4.76. The maximum absolute atomic E-state index is 12.4. The molecule has 7 heteroatoms. The number of nitrogens with one attached hydrogen (secondary N) is 1. The molecule has 0 bridgehead atoms. The number of nitrogens with zero attached hydrogens (tertiary/aromatic N) is 3. The molecule has 1 aliphatic rings. The Labute approximate surface area is 162 Å². The Hall–Kier alpha value is -2.73. The first-order valence-corrected chi connectivity index (χ1v) is 9.34. The van der Waals surface area contributed by atoms with E-state index in [1.165, 1.54) is 0 Å². The van der Waals surface area contributed by atoms with Gasteiger partial charge in [-0.25, -0.2) is 4.98 Å². The molecule has 6 nitrogen and oxygen atoms in total. The molecular formula is C20H21ClN4O2. The number of hydrogen-bond donors (Lipinski definition) is 1. The molecule has 1 aromatic heterocycles. The van der Waals surface area contributed by atoms with Crippen molar-refractivity contribution in [3.63, 3.8) is 0 Å². The summed E-state index contributed by atoms with van der Waals surface area (Å²) in [5.41, 5.74) is 3.17. The van der Waals surface area contributed by atoms with Crippen LogP contribution in [0.3, 0.4) is 0 Å². The molecule has 0 radical (unpaired) electrons. The van der Waals surface area contributed by atoms with E-state index in [0.29, 0.717) is 23.9 Å². The zero-order valence-electron chi connectivity index (χ0n) is 15.1. The van der Waals surface area contributed by atoms with Crippen molar-refractivity contribution in [1.29, 1.82) is 0 Å². The van der Waals surface area contributed by atoms with Crippen LogP contribution in [0, 0.1) is 6.92 Å². The summed E-state index contributed by atoms with van der Waals surface area (Å²) in [6, 6.07) is 13.3. The number of fused-ring (bicyclic) bond motifs is 1. The minimum atomic E-state index is 0.00393. The van der Waals surface area contributed by atoms with Crippen LogP contribution < -0.4 is 9.64 Å². The van der Waals surface area contributed by atoms with Crippen molar-refractivity contribution in [3.8, 4) is 5.75 Å². The van der Waals surface area contributed by atoms with Crippen molar-refractivity contribution in [3.05, 3.63) is 53.3 Å². The summed E-state index contributed by atoms with van der Waals surface area (Å²) in [7, 11) is 0. The lowest BCUT2D eigenvalue weighted by molar-refractivity contribution is -0.133. The number of piperazine rings is 1. The van der Waals surface area contributed by atoms with Crippen LogP contribution in [0.5, 0.6) is 5.75 Å². The third kappa shape index (κ3) is 4.01. The molecule has 1 saturated heterocycles. The zero-order chi connectivity index (χ0) is 18.8. The molecular weight excluding hydrogens is 364 g/mol. The molecule has 0 aliphatic carbocycles. The lowest BCUT2D eigenvalue weighted by atomic mass is 10.2. The number of aryl methyl sites for hydroxylation is 1. The largest absolute Gasteiger partial charge is 0.484 e. The van der Waals surface area contributed by atoms with Crippen molar-refractivity contribution in [2.45, 2.75) is 6.92 Å². The number of benzene rings is 2. The van der Waals surface area contributed by atoms with Crippen LogP contribution in [0.2, 0.25) is 5.02 Å². The number of aromatic nitrogens is 2. The Morgan fingerprint density at radius 1 is 1.15 bits per heavy atom. The molecule has 0 spiro atoms. The van der Waals surface area contributed by atoms with Gasteiger partial charge >= 0.3 is 0 Å². The van der Waals surface area contributed by atoms with Gasteiger partial charge in [0, 0.05) is 36.9 Å². The van der Waals surface area contributed by atoms with E-state index < -0.39 is 0 Å². The van der Waals surface area contributed by atoms with E-state index in [1.54, 1.807) is 24.3 Å². The number of hydrogen-bond acceptors (Lipinski definition) is 4. The van der Waals surface area contributed by atoms with Crippen LogP contribution in [0.15, 0.2) is 42.5 Å². The maximum atomic E-state index is 12.4. The number of aromatic amines is 1. The van der Waals surface area contributed by atoms with Crippen molar-refractivity contribution in [2.75, 3.05) is 37.7 Å². The summed E-state index contributed by atoms with van der Waals surface area (Å²) < 4.78 is 5.56. The monoisotopic (exact) mass is 384 g/mol. The Kier molecular flexibility index (Phi) is 4.90. The fourth-order valence-corrected chi connectivity index (χ4v) is 3.43. The van der Waals surface area contributed by atoms with Crippen molar-refractivity contribution >= 4 is 34.2 Å². The molecule has 140 valence electrons. The molecule has 1 N–H and O–H groups in total. The quantitative estimate of drug-likeness (QED) is 0.750. The minimum Gasteiger partial charge on any atom is -0.484 e. The van der Waals surface area contributed by atoms with E-state index in [4.69, 9.17) is 16.3 Å². The van der Waals surface area contributed by atoms with Crippen molar-refractivity contribution < 1.29 is 9.53 Å². The van der Waals surface area contributed by atoms with E-state index in [2.05, 4.69) is 27.0 Å². The van der Waals surface area contributed by atoms with Crippen molar-refractivity contribution in [2.24, 2.45) is 0 Å². The molecule has 0 atom stereocenters. The average Bonchev–Trinajstić information content (AvgIpc) is 3.06. The zero-order valence-corrected chi connectivity index (χ0v) is 15.9. The standard InChI is InChI=1S/C20H21ClN4O2/c1-14-22-18-7-4-16(12-19(18)23-14)24-8-10-25(11-9-24)20(26)13-27-17-5-2-15(21)3-6-17/h2-7,12H,8-11,13H2,1H3,(H,22,23). The van der Waals surface area contributed by atoms with Gasteiger partial charge in [0.2, 0.25) is 0 Å². The second-order valence-corrected chi connectivity index (χ2v) is 7.07. The molecule has 0 saturated carbocycles. The lowest BCUT2D eigenvalue weighted by Crippen LogP contribution is -2.50. The van der Waals surface area contributed by atoms with E-state index in [-0.39, 0.29) is 12.5 Å². The molecule has 27 heavy (non-hydrogen) atoms. The lowest BCUT2D eigenvalue weighted by Gasteiger charge is -2.36. The van der Waals surface area contributed by atoms with Crippen LogP contribution in [0.25, 0.3) is 11.0 Å². The van der Waals surface area contributed by atoms with Gasteiger partial charge in [-0.15, -0.1) is 0 Å². The molecule has 2 heterocycles. The topological polar surface area (TPSA) is 61.5 Å². The second-order valence-electron chi connectivity index (χ2n) is 6.63. The summed E-state index contributed by atoms with van der Waals surface area (Å²) in [6.07, 6.45) is 0. The minimum absolute atomic E-state index is 0.00393. The van der Waals surface area contributed by atoms with Gasteiger partial charge in [0.05, 0.1) is 11.0 Å². The van der Waals surface area contributed by atoms with Gasteiger partial charge < -0.3 is 19.5 Å². The van der Waals surface area contributed by atoms with E-state index in [0.717, 1.165) is 35.6 Å². The summed E-state index contributed by atoms with van der Waals surface area (Å²) >= 11 is 5.85. The number of amides is 1. The Balaban J connectivity index is 1.32. The molecule has 1 fully saturated rings. The second kappa shape index (κ2) is 7.48. The maximum Gasteiger partial charge on any atom is 0.260 e. The molecule has 1 aliphatic heterocycles. The number of carbonyl (C=O) groups excluding carboxylic acids is 1. The summed E-state index contributed by atoms with van der Waals surface area (Å²) in [4.78, 5) is 24.3. The van der Waals surface area contributed by atoms with Gasteiger partial charge in [0.1, 0.15) is 11.6 Å². The molecule has 0 unspecified atom stereocenters. The van der Waals surface area contributed by atoms with Gasteiger partial charge in [0.25, 0.3) is 5.91 Å². The fraction of sp³-hybridized carbons (Fsp3) is 0.300. The summed E-state index contributed by atoms with van der Waals surface area (Å²) in [5.74, 6) is 1.57. The van der Waals surface area contributed by atoms with Gasteiger partial charge in [-0.3, -0.25) is 4.79 Å². The number of halogens is 1. The first-order valence-electron chi connectivity index (χ1n) is 8.96. The Morgan fingerprint density at radius 3 is 2.63 bits per heavy atom. The molecule has 4 rings (SSSR count). The highest BCUT2D eigenvalue weighted by molar-refractivity contribution is 6.30. The summed E-state index contributed by atoms with van der Waals surface area (Å²) in [6.45, 7) is 4.96. The van der Waals surface area contributed by atoms with Crippen molar-refractivity contribution in [1.82, 2.24) is 14.9 Å². The van der Waals surface area contributed by atoms with E-state index in [9.17, 15) is 4.79 Å². The SMILES string of the molecule is Cc1nc2ccc(N3CCN(C(=O)COc4ccc(Cl)cc4)CC3)cc2[nH]1. The van der Waals surface area contributed by atoms with Crippen LogP contribution in [0.4, 0.5) is 5.69 Å². The fourth-order valence-electron chi connectivity index (χ4n) is 3.30. The first-order chi connectivity index (χ1) is 13.1. The first kappa shape index (κ1) is 17.7. The smallest absolute Gasteiger partial charge is 0.260 e. The van der Waals surface area contributed by atoms with Crippen LogP contribution in [-0.2, 0) is 4.79 Å². The van der Waals surface area contributed by atoms with Crippen LogP contribution in [0.1, 0.15) is 5.82 Å². The molecule has 2 aromatic carbocycles. The highest BCUT2D eigenvalue weighted by Crippen LogP contribution is 2.22. The van der Waals surface area contributed by atoms with Gasteiger partial charge in [-0.1, -0.05) is 11.6 Å². The van der Waals surface area contributed by atoms with E-state index >= 15 is 0 Å². The highest BCUT2D eigenvalue weighted by atomic mass is 35.5. The molecule has 1 amide bonds. The summed E-state index contributed by atoms with van der Waals surface area (Å²) in [5, 5.41) is 0.647. The number of anilines is 1. The number of ether oxygens (including phenoxy) is 1.